The number of hydrogen-bond donors (Lipinski definition) is 0. The van der Waals surface area contributed by atoms with E-state index in [1.807, 2.05) is 6.07 Å². The highest BCUT2D eigenvalue weighted by Crippen LogP contribution is 2.32. The number of carbonyl (C=O) groups excluding carboxylic acids is 2. The van der Waals surface area contributed by atoms with Gasteiger partial charge in [-0.1, -0.05) is 12.1 Å². The molecular formula is C18H22FNO4. The molecule has 1 unspecified atom stereocenters. The van der Waals surface area contributed by atoms with Crippen molar-refractivity contribution in [1.82, 2.24) is 0 Å². The Kier molecular flexibility index (Phi) is 6.47. The number of ether oxygens (including phenoxy) is 2. The molecule has 0 aliphatic heterocycles. The lowest BCUT2D eigenvalue weighted by atomic mass is 9.77. The van der Waals surface area contributed by atoms with Crippen molar-refractivity contribution in [2.24, 2.45) is 0 Å². The molecule has 0 saturated heterocycles. The Hall–Kier alpha value is -2.42. The van der Waals surface area contributed by atoms with Crippen LogP contribution in [-0.2, 0) is 24.5 Å². The van der Waals surface area contributed by atoms with Gasteiger partial charge in [0.15, 0.2) is 5.41 Å². The zero-order valence-electron chi connectivity index (χ0n) is 14.4. The standard InChI is InChI=1S/C18H22FNO4/c1-5-23-15(21)10-11-18(12-20,16(22)24-17(2,3)4)13-6-8-14(19)9-7-13/h6-9H,5,10-11H2,1-4H3. The lowest BCUT2D eigenvalue weighted by Gasteiger charge is -2.29. The summed E-state index contributed by atoms with van der Waals surface area (Å²) in [6.07, 6.45) is -0.235. The SMILES string of the molecule is CCOC(=O)CCC(C#N)(C(=O)OC(C)(C)C)c1ccc(F)cc1. The molecule has 0 N–H and O–H groups in total. The largest absolute Gasteiger partial charge is 0.466 e. The Morgan fingerprint density at radius 2 is 1.79 bits per heavy atom. The van der Waals surface area contributed by atoms with Crippen LogP contribution in [0.1, 0.15) is 46.1 Å². The minimum atomic E-state index is -1.70. The van der Waals surface area contributed by atoms with Crippen LogP contribution in [-0.4, -0.2) is 24.1 Å². The Labute approximate surface area is 141 Å². The van der Waals surface area contributed by atoms with Gasteiger partial charge in [0.1, 0.15) is 11.4 Å². The molecule has 1 rings (SSSR count). The molecule has 1 aromatic rings. The molecule has 24 heavy (non-hydrogen) atoms. The molecule has 6 heteroatoms. The van der Waals surface area contributed by atoms with Crippen molar-refractivity contribution in [1.29, 1.82) is 5.26 Å². The normalized spacial score (nSPS) is 13.5. The first-order valence-electron chi connectivity index (χ1n) is 7.71. The molecule has 0 aliphatic carbocycles. The highest BCUT2D eigenvalue weighted by Gasteiger charge is 2.44. The molecular weight excluding hydrogens is 313 g/mol. The first kappa shape index (κ1) is 19.6. The molecule has 0 amide bonds. The van der Waals surface area contributed by atoms with Crippen molar-refractivity contribution in [3.63, 3.8) is 0 Å². The maximum absolute atomic E-state index is 13.2. The van der Waals surface area contributed by atoms with Gasteiger partial charge < -0.3 is 9.47 Å². The van der Waals surface area contributed by atoms with Crippen LogP contribution in [0.3, 0.4) is 0 Å². The van der Waals surface area contributed by atoms with E-state index in [0.717, 1.165) is 12.1 Å². The van der Waals surface area contributed by atoms with Crippen molar-refractivity contribution >= 4 is 11.9 Å². The van der Waals surface area contributed by atoms with Crippen LogP contribution in [0.15, 0.2) is 24.3 Å². The van der Waals surface area contributed by atoms with Crippen LogP contribution in [0.4, 0.5) is 4.39 Å². The molecule has 1 aromatic carbocycles. The quantitative estimate of drug-likeness (QED) is 0.746. The molecule has 0 fully saturated rings. The number of hydrogen-bond acceptors (Lipinski definition) is 5. The van der Waals surface area contributed by atoms with Crippen LogP contribution in [0, 0.1) is 17.1 Å². The first-order chi connectivity index (χ1) is 11.1. The van der Waals surface area contributed by atoms with Gasteiger partial charge in [-0.05, 0) is 51.8 Å². The second kappa shape index (κ2) is 7.91. The van der Waals surface area contributed by atoms with Crippen molar-refractivity contribution in [3.05, 3.63) is 35.6 Å². The van der Waals surface area contributed by atoms with Crippen molar-refractivity contribution in [2.75, 3.05) is 6.61 Å². The fraction of sp³-hybridized carbons (Fsp3) is 0.500. The van der Waals surface area contributed by atoms with E-state index in [4.69, 9.17) is 9.47 Å². The van der Waals surface area contributed by atoms with Crippen molar-refractivity contribution < 1.29 is 23.5 Å². The van der Waals surface area contributed by atoms with Crippen LogP contribution in [0.2, 0.25) is 0 Å². The van der Waals surface area contributed by atoms with Gasteiger partial charge in [-0.2, -0.15) is 5.26 Å². The molecule has 1 atom stereocenters. The van der Waals surface area contributed by atoms with E-state index in [1.165, 1.54) is 12.1 Å². The fourth-order valence-electron chi connectivity index (χ4n) is 2.15. The summed E-state index contributed by atoms with van der Waals surface area (Å²) in [5, 5.41) is 9.71. The molecule has 0 heterocycles. The smallest absolute Gasteiger partial charge is 0.331 e. The zero-order chi connectivity index (χ0) is 18.4. The number of rotatable bonds is 6. The number of esters is 2. The van der Waals surface area contributed by atoms with Gasteiger partial charge in [-0.25, -0.2) is 9.18 Å². The van der Waals surface area contributed by atoms with E-state index in [-0.39, 0.29) is 25.0 Å². The molecule has 130 valence electrons. The van der Waals surface area contributed by atoms with Gasteiger partial charge >= 0.3 is 11.9 Å². The third-order valence-electron chi connectivity index (χ3n) is 3.28. The van der Waals surface area contributed by atoms with Gasteiger partial charge in [0, 0.05) is 6.42 Å². The van der Waals surface area contributed by atoms with E-state index in [2.05, 4.69) is 0 Å². The summed E-state index contributed by atoms with van der Waals surface area (Å²) in [5.41, 5.74) is -2.22. The van der Waals surface area contributed by atoms with Gasteiger partial charge in [0.2, 0.25) is 0 Å². The Balaban J connectivity index is 3.22. The summed E-state index contributed by atoms with van der Waals surface area (Å²) >= 11 is 0. The predicted octanol–water partition coefficient (Wildman–Crippen LogP) is 3.27. The summed E-state index contributed by atoms with van der Waals surface area (Å²) < 4.78 is 23.4. The number of benzene rings is 1. The van der Waals surface area contributed by atoms with E-state index in [9.17, 15) is 19.2 Å². The molecule has 0 saturated carbocycles. The third-order valence-corrected chi connectivity index (χ3v) is 3.28. The van der Waals surface area contributed by atoms with Gasteiger partial charge in [0.25, 0.3) is 0 Å². The summed E-state index contributed by atoms with van der Waals surface area (Å²) in [6, 6.07) is 7.00. The first-order valence-corrected chi connectivity index (χ1v) is 7.71. The summed E-state index contributed by atoms with van der Waals surface area (Å²) in [6.45, 7) is 6.93. The summed E-state index contributed by atoms with van der Waals surface area (Å²) in [5.74, 6) is -1.77. The number of nitrogens with zero attached hydrogens (tertiary/aromatic N) is 1. The monoisotopic (exact) mass is 335 g/mol. The van der Waals surface area contributed by atoms with Gasteiger partial charge in [0.05, 0.1) is 12.7 Å². The third kappa shape index (κ3) is 5.05. The van der Waals surface area contributed by atoms with Crippen LogP contribution >= 0.6 is 0 Å². The maximum Gasteiger partial charge on any atom is 0.331 e. The minimum absolute atomic E-state index is 0.108. The molecule has 0 aromatic heterocycles. The van der Waals surface area contributed by atoms with E-state index >= 15 is 0 Å². The average molecular weight is 335 g/mol. The van der Waals surface area contributed by atoms with Crippen LogP contribution in [0.25, 0.3) is 0 Å². The van der Waals surface area contributed by atoms with Crippen molar-refractivity contribution in [3.8, 4) is 6.07 Å². The number of carbonyl (C=O) groups is 2. The van der Waals surface area contributed by atoms with Gasteiger partial charge in [-0.3, -0.25) is 4.79 Å². The Morgan fingerprint density at radius 3 is 2.25 bits per heavy atom. The van der Waals surface area contributed by atoms with E-state index in [0.29, 0.717) is 0 Å². The molecule has 0 bridgehead atoms. The van der Waals surface area contributed by atoms with Crippen LogP contribution in [0.5, 0.6) is 0 Å². The lowest BCUT2D eigenvalue weighted by molar-refractivity contribution is -0.160. The molecule has 0 spiro atoms. The highest BCUT2D eigenvalue weighted by atomic mass is 19.1. The zero-order valence-corrected chi connectivity index (χ0v) is 14.4. The lowest BCUT2D eigenvalue weighted by Crippen LogP contribution is -2.40. The Morgan fingerprint density at radius 1 is 1.21 bits per heavy atom. The predicted molar refractivity (Wildman–Crippen MR) is 85.4 cm³/mol. The second-order valence-corrected chi connectivity index (χ2v) is 6.33. The number of halogens is 1. The highest BCUT2D eigenvalue weighted by molar-refractivity contribution is 5.88. The maximum atomic E-state index is 13.2. The fourth-order valence-corrected chi connectivity index (χ4v) is 2.15. The molecule has 0 aliphatic rings. The molecule has 0 radical (unpaired) electrons. The Bertz CT molecular complexity index is 628. The van der Waals surface area contributed by atoms with Gasteiger partial charge in [-0.15, -0.1) is 0 Å². The minimum Gasteiger partial charge on any atom is -0.466 e. The second-order valence-electron chi connectivity index (χ2n) is 6.33. The number of nitriles is 1. The van der Waals surface area contributed by atoms with Crippen molar-refractivity contribution in [2.45, 2.75) is 51.6 Å². The molecule has 5 nitrogen and oxygen atoms in total. The summed E-state index contributed by atoms with van der Waals surface area (Å²) in [4.78, 5) is 24.3. The average Bonchev–Trinajstić information content (AvgIpc) is 2.48. The van der Waals surface area contributed by atoms with E-state index in [1.54, 1.807) is 27.7 Å². The van der Waals surface area contributed by atoms with E-state index < -0.39 is 28.8 Å². The topological polar surface area (TPSA) is 76.4 Å². The van der Waals surface area contributed by atoms with Crippen LogP contribution < -0.4 is 0 Å². The summed E-state index contributed by atoms with van der Waals surface area (Å²) in [7, 11) is 0.